The van der Waals surface area contributed by atoms with Crippen LogP contribution in [0, 0.1) is 0 Å². The lowest BCUT2D eigenvalue weighted by Crippen LogP contribution is -2.08. The van der Waals surface area contributed by atoms with Gasteiger partial charge in [0.15, 0.2) is 0 Å². The normalized spacial score (nSPS) is 15.3. The molecule has 0 saturated heterocycles. The maximum absolute atomic E-state index is 9.15. The molecule has 1 atom stereocenters. The van der Waals surface area contributed by atoms with Crippen LogP contribution in [0.3, 0.4) is 0 Å². The standard InChI is InChI=1S/C7H15NO/c1-4-7(9)6(2)5-8-3/h5,7-9H,4H2,1-3H3/b6-5+. The Kier molecular flexibility index (Phi) is 4.14. The van der Waals surface area contributed by atoms with Crippen LogP contribution in [0.25, 0.3) is 0 Å². The topological polar surface area (TPSA) is 32.3 Å². The fraction of sp³-hybridized carbons (Fsp3) is 0.714. The molecule has 9 heavy (non-hydrogen) atoms. The van der Waals surface area contributed by atoms with Crippen LogP contribution in [0.2, 0.25) is 0 Å². The van der Waals surface area contributed by atoms with Crippen LogP contribution in [0.5, 0.6) is 0 Å². The Balaban J connectivity index is 3.70. The molecule has 0 aromatic heterocycles. The number of rotatable bonds is 3. The lowest BCUT2D eigenvalue weighted by molar-refractivity contribution is 0.206. The van der Waals surface area contributed by atoms with E-state index in [2.05, 4.69) is 5.32 Å². The van der Waals surface area contributed by atoms with E-state index in [9.17, 15) is 0 Å². The van der Waals surface area contributed by atoms with E-state index in [1.54, 1.807) is 0 Å². The molecule has 0 heterocycles. The Labute approximate surface area is 56.6 Å². The van der Waals surface area contributed by atoms with Crippen LogP contribution >= 0.6 is 0 Å². The molecule has 0 rings (SSSR count). The van der Waals surface area contributed by atoms with Gasteiger partial charge in [-0.15, -0.1) is 0 Å². The highest BCUT2D eigenvalue weighted by Gasteiger charge is 2.00. The minimum absolute atomic E-state index is 0.280. The first-order valence-corrected chi connectivity index (χ1v) is 3.24. The van der Waals surface area contributed by atoms with Crippen molar-refractivity contribution in [2.45, 2.75) is 26.4 Å². The number of hydrogen-bond donors (Lipinski definition) is 2. The maximum atomic E-state index is 9.15. The third-order valence-electron chi connectivity index (χ3n) is 1.28. The average Bonchev–Trinajstić information content (AvgIpc) is 1.87. The van der Waals surface area contributed by atoms with Crippen molar-refractivity contribution < 1.29 is 5.11 Å². The molecule has 0 fully saturated rings. The summed E-state index contributed by atoms with van der Waals surface area (Å²) in [5, 5.41) is 12.0. The third-order valence-corrected chi connectivity index (χ3v) is 1.28. The molecule has 0 aliphatic rings. The second-order valence-electron chi connectivity index (χ2n) is 2.10. The molecule has 0 radical (unpaired) electrons. The van der Waals surface area contributed by atoms with Gasteiger partial charge in [0.25, 0.3) is 0 Å². The van der Waals surface area contributed by atoms with E-state index in [1.165, 1.54) is 0 Å². The Morgan fingerprint density at radius 1 is 1.78 bits per heavy atom. The second-order valence-corrected chi connectivity index (χ2v) is 2.10. The zero-order valence-electron chi connectivity index (χ0n) is 6.31. The fourth-order valence-electron chi connectivity index (χ4n) is 0.646. The smallest absolute Gasteiger partial charge is 0.0761 e. The van der Waals surface area contributed by atoms with Gasteiger partial charge in [-0.25, -0.2) is 0 Å². The van der Waals surface area contributed by atoms with Crippen molar-refractivity contribution in [3.63, 3.8) is 0 Å². The predicted octanol–water partition coefficient (Wildman–Crippen LogP) is 0.880. The summed E-state index contributed by atoms with van der Waals surface area (Å²) in [6.45, 7) is 3.86. The molecule has 0 aliphatic heterocycles. The molecule has 1 unspecified atom stereocenters. The van der Waals surface area contributed by atoms with Crippen LogP contribution in [0.1, 0.15) is 20.3 Å². The van der Waals surface area contributed by atoms with E-state index in [-0.39, 0.29) is 6.10 Å². The summed E-state index contributed by atoms with van der Waals surface area (Å²) in [4.78, 5) is 0. The van der Waals surface area contributed by atoms with Crippen LogP contribution < -0.4 is 5.32 Å². The quantitative estimate of drug-likeness (QED) is 0.593. The van der Waals surface area contributed by atoms with Gasteiger partial charge in [0.2, 0.25) is 0 Å². The van der Waals surface area contributed by atoms with Crippen molar-refractivity contribution in [3.05, 3.63) is 11.8 Å². The van der Waals surface area contributed by atoms with E-state index < -0.39 is 0 Å². The summed E-state index contributed by atoms with van der Waals surface area (Å²) < 4.78 is 0. The molecule has 2 nitrogen and oxygen atoms in total. The minimum Gasteiger partial charge on any atom is -0.394 e. The molecular weight excluding hydrogens is 114 g/mol. The zero-order chi connectivity index (χ0) is 7.28. The Morgan fingerprint density at radius 3 is 2.67 bits per heavy atom. The van der Waals surface area contributed by atoms with E-state index >= 15 is 0 Å². The molecule has 0 aliphatic carbocycles. The van der Waals surface area contributed by atoms with Gasteiger partial charge in [0.05, 0.1) is 6.10 Å². The van der Waals surface area contributed by atoms with E-state index in [1.807, 2.05) is 27.1 Å². The van der Waals surface area contributed by atoms with Crippen molar-refractivity contribution >= 4 is 0 Å². The van der Waals surface area contributed by atoms with E-state index in [4.69, 9.17) is 5.11 Å². The fourth-order valence-corrected chi connectivity index (χ4v) is 0.646. The van der Waals surface area contributed by atoms with Gasteiger partial charge in [-0.05, 0) is 25.1 Å². The lowest BCUT2D eigenvalue weighted by atomic mass is 10.1. The second kappa shape index (κ2) is 4.39. The summed E-state index contributed by atoms with van der Waals surface area (Å²) in [6.07, 6.45) is 2.32. The first kappa shape index (κ1) is 8.50. The number of aliphatic hydroxyl groups excluding tert-OH is 1. The summed E-state index contributed by atoms with van der Waals surface area (Å²) in [7, 11) is 1.83. The summed E-state index contributed by atoms with van der Waals surface area (Å²) in [6, 6.07) is 0. The SMILES string of the molecule is CCC(O)/C(C)=C/NC. The van der Waals surface area contributed by atoms with Gasteiger partial charge >= 0.3 is 0 Å². The van der Waals surface area contributed by atoms with Crippen LogP contribution in [-0.4, -0.2) is 18.3 Å². The van der Waals surface area contributed by atoms with Crippen LogP contribution in [-0.2, 0) is 0 Å². The van der Waals surface area contributed by atoms with Crippen molar-refractivity contribution in [1.82, 2.24) is 5.32 Å². The van der Waals surface area contributed by atoms with E-state index in [0.29, 0.717) is 0 Å². The maximum Gasteiger partial charge on any atom is 0.0761 e. The summed E-state index contributed by atoms with van der Waals surface area (Å²) in [5.74, 6) is 0. The predicted molar refractivity (Wildman–Crippen MR) is 39.1 cm³/mol. The Bertz CT molecular complexity index is 99.1. The molecule has 0 saturated carbocycles. The first-order valence-electron chi connectivity index (χ1n) is 3.24. The van der Waals surface area contributed by atoms with Crippen LogP contribution in [0.4, 0.5) is 0 Å². The molecule has 0 spiro atoms. The molecule has 54 valence electrons. The molecule has 0 aromatic carbocycles. The van der Waals surface area contributed by atoms with Crippen molar-refractivity contribution in [2.75, 3.05) is 7.05 Å². The van der Waals surface area contributed by atoms with Crippen molar-refractivity contribution in [2.24, 2.45) is 0 Å². The van der Waals surface area contributed by atoms with Gasteiger partial charge in [-0.2, -0.15) is 0 Å². The number of hydrogen-bond acceptors (Lipinski definition) is 2. The Morgan fingerprint density at radius 2 is 2.33 bits per heavy atom. The monoisotopic (exact) mass is 129 g/mol. The molecule has 2 N–H and O–H groups in total. The highest BCUT2D eigenvalue weighted by Crippen LogP contribution is 2.02. The molecule has 0 bridgehead atoms. The molecule has 0 amide bonds. The van der Waals surface area contributed by atoms with Crippen molar-refractivity contribution in [1.29, 1.82) is 0 Å². The van der Waals surface area contributed by atoms with Gasteiger partial charge < -0.3 is 10.4 Å². The number of aliphatic hydroxyl groups is 1. The molecule has 2 heteroatoms. The highest BCUT2D eigenvalue weighted by molar-refractivity contribution is 5.01. The van der Waals surface area contributed by atoms with Gasteiger partial charge in [-0.1, -0.05) is 6.92 Å². The number of nitrogens with one attached hydrogen (secondary N) is 1. The van der Waals surface area contributed by atoms with Crippen molar-refractivity contribution in [3.8, 4) is 0 Å². The largest absolute Gasteiger partial charge is 0.394 e. The highest BCUT2D eigenvalue weighted by atomic mass is 16.3. The average molecular weight is 129 g/mol. The first-order chi connectivity index (χ1) is 4.22. The van der Waals surface area contributed by atoms with Gasteiger partial charge in [0.1, 0.15) is 0 Å². The van der Waals surface area contributed by atoms with Crippen LogP contribution in [0.15, 0.2) is 11.8 Å². The van der Waals surface area contributed by atoms with Gasteiger partial charge in [0, 0.05) is 7.05 Å². The van der Waals surface area contributed by atoms with Gasteiger partial charge in [-0.3, -0.25) is 0 Å². The van der Waals surface area contributed by atoms with E-state index in [0.717, 1.165) is 12.0 Å². The molecule has 0 aromatic rings. The molecular formula is C7H15NO. The third kappa shape index (κ3) is 3.14. The lowest BCUT2D eigenvalue weighted by Gasteiger charge is -2.06. The zero-order valence-corrected chi connectivity index (χ0v) is 6.31. The minimum atomic E-state index is -0.280. The Hall–Kier alpha value is -0.500. The summed E-state index contributed by atoms with van der Waals surface area (Å²) in [5.41, 5.74) is 0.986. The summed E-state index contributed by atoms with van der Waals surface area (Å²) >= 11 is 0.